The van der Waals surface area contributed by atoms with E-state index in [-0.39, 0.29) is 6.47 Å². The fourth-order valence-corrected chi connectivity index (χ4v) is 1.17. The van der Waals surface area contributed by atoms with Crippen LogP contribution in [0.5, 0.6) is 0 Å². The number of carbonyl (C=O) groups is 2. The van der Waals surface area contributed by atoms with Gasteiger partial charge in [-0.3, -0.25) is 9.59 Å². The second kappa shape index (κ2) is 3.34. The molecule has 0 spiro atoms. The topological polar surface area (TPSA) is 66.8 Å². The van der Waals surface area contributed by atoms with Crippen molar-refractivity contribution in [3.63, 3.8) is 0 Å². The molecule has 5 nitrogen and oxygen atoms in total. The Hall–Kier alpha value is -1.10. The van der Waals surface area contributed by atoms with E-state index in [1.54, 1.807) is 0 Å². The normalized spacial score (nSPS) is 24.9. The van der Waals surface area contributed by atoms with Crippen molar-refractivity contribution in [2.45, 2.75) is 18.9 Å². The monoisotopic (exact) mass is 159 g/mol. The Balaban J connectivity index is 2.50. The lowest BCUT2D eigenvalue weighted by Gasteiger charge is -2.16. The molecule has 11 heavy (non-hydrogen) atoms. The second-order valence-corrected chi connectivity index (χ2v) is 2.34. The third-order valence-corrected chi connectivity index (χ3v) is 1.67. The van der Waals surface area contributed by atoms with Gasteiger partial charge in [0.05, 0.1) is 0 Å². The molecule has 62 valence electrons. The van der Waals surface area contributed by atoms with Crippen LogP contribution in [0.15, 0.2) is 0 Å². The predicted octanol–water partition coefficient (Wildman–Crippen LogP) is -0.377. The number of hydroxylamine groups is 2. The number of nitrogens with zero attached hydrogens (tertiary/aromatic N) is 1. The maximum absolute atomic E-state index is 10.4. The van der Waals surface area contributed by atoms with Crippen LogP contribution in [0, 0.1) is 0 Å². The van der Waals surface area contributed by atoms with Gasteiger partial charge in [0.25, 0.3) is 0 Å². The molecule has 0 aromatic rings. The van der Waals surface area contributed by atoms with Crippen LogP contribution in [-0.2, 0) is 14.4 Å². The quantitative estimate of drug-likeness (QED) is 0.569. The molecule has 1 fully saturated rings. The zero-order valence-corrected chi connectivity index (χ0v) is 5.90. The summed E-state index contributed by atoms with van der Waals surface area (Å²) in [5, 5.41) is 9.76. The second-order valence-electron chi connectivity index (χ2n) is 2.34. The molecular weight excluding hydrogens is 150 g/mol. The minimum Gasteiger partial charge on any atom is -0.480 e. The van der Waals surface area contributed by atoms with Crippen LogP contribution in [0.1, 0.15) is 12.8 Å². The minimum atomic E-state index is -0.940. The first-order valence-electron chi connectivity index (χ1n) is 3.35. The van der Waals surface area contributed by atoms with Crippen LogP contribution >= 0.6 is 0 Å². The van der Waals surface area contributed by atoms with E-state index >= 15 is 0 Å². The highest BCUT2D eigenvalue weighted by atomic mass is 16.7. The van der Waals surface area contributed by atoms with Gasteiger partial charge in [-0.2, -0.15) is 0 Å². The molecule has 0 aromatic heterocycles. The number of carboxylic acid groups (broad SMARTS) is 1. The zero-order chi connectivity index (χ0) is 8.27. The number of hydrogen-bond acceptors (Lipinski definition) is 4. The van der Waals surface area contributed by atoms with E-state index in [0.717, 1.165) is 6.42 Å². The number of carboxylic acids is 1. The summed E-state index contributed by atoms with van der Waals surface area (Å²) in [4.78, 5) is 24.8. The average Bonchev–Trinajstić information content (AvgIpc) is 2.36. The van der Waals surface area contributed by atoms with Gasteiger partial charge in [-0.15, -0.1) is 5.06 Å². The summed E-state index contributed by atoms with van der Waals surface area (Å²) >= 11 is 0. The van der Waals surface area contributed by atoms with Crippen LogP contribution in [0.25, 0.3) is 0 Å². The molecule has 1 aliphatic rings. The predicted molar refractivity (Wildman–Crippen MR) is 34.5 cm³/mol. The van der Waals surface area contributed by atoms with Crippen LogP contribution in [0.4, 0.5) is 0 Å². The van der Waals surface area contributed by atoms with Crippen molar-refractivity contribution in [2.75, 3.05) is 6.54 Å². The first-order valence-corrected chi connectivity index (χ1v) is 3.35. The Morgan fingerprint density at radius 3 is 3.00 bits per heavy atom. The van der Waals surface area contributed by atoms with Gasteiger partial charge in [-0.25, -0.2) is 0 Å². The van der Waals surface area contributed by atoms with Crippen LogP contribution in [0.3, 0.4) is 0 Å². The standard InChI is InChI=1S/C6H9NO4/c8-4-11-7-3-1-2-5(7)6(9)10/h4-5H,1-3H2,(H,9,10). The molecule has 5 heteroatoms. The molecule has 0 bridgehead atoms. The van der Waals surface area contributed by atoms with Crippen molar-refractivity contribution in [2.24, 2.45) is 0 Å². The summed E-state index contributed by atoms with van der Waals surface area (Å²) in [6.07, 6.45) is 1.30. The van der Waals surface area contributed by atoms with E-state index in [4.69, 9.17) is 5.11 Å². The molecule has 1 saturated heterocycles. The highest BCUT2D eigenvalue weighted by Crippen LogP contribution is 2.16. The maximum atomic E-state index is 10.4. The Morgan fingerprint density at radius 1 is 1.73 bits per heavy atom. The summed E-state index contributed by atoms with van der Waals surface area (Å²) < 4.78 is 0. The molecule has 1 rings (SSSR count). The molecule has 0 aromatic carbocycles. The number of rotatable bonds is 3. The van der Waals surface area contributed by atoms with Crippen molar-refractivity contribution < 1.29 is 19.5 Å². The summed E-state index contributed by atoms with van der Waals surface area (Å²) in [7, 11) is 0. The van der Waals surface area contributed by atoms with Gasteiger partial charge in [0.2, 0.25) is 0 Å². The van der Waals surface area contributed by atoms with Gasteiger partial charge in [0.15, 0.2) is 0 Å². The summed E-state index contributed by atoms with van der Waals surface area (Å²) in [6, 6.07) is -0.653. The van der Waals surface area contributed by atoms with Crippen molar-refractivity contribution >= 4 is 12.4 Å². The third-order valence-electron chi connectivity index (χ3n) is 1.67. The van der Waals surface area contributed by atoms with E-state index < -0.39 is 12.0 Å². The molecule has 1 aliphatic heterocycles. The van der Waals surface area contributed by atoms with Crippen LogP contribution in [-0.4, -0.2) is 35.2 Å². The fraction of sp³-hybridized carbons (Fsp3) is 0.667. The maximum Gasteiger partial charge on any atom is 0.324 e. The molecular formula is C6H9NO4. The smallest absolute Gasteiger partial charge is 0.324 e. The Morgan fingerprint density at radius 2 is 2.45 bits per heavy atom. The molecule has 1 heterocycles. The highest BCUT2D eigenvalue weighted by molar-refractivity contribution is 5.73. The van der Waals surface area contributed by atoms with E-state index in [0.29, 0.717) is 13.0 Å². The summed E-state index contributed by atoms with van der Waals surface area (Å²) in [5.74, 6) is -0.940. The third kappa shape index (κ3) is 1.68. The molecule has 1 unspecified atom stereocenters. The zero-order valence-electron chi connectivity index (χ0n) is 5.90. The van der Waals surface area contributed by atoms with Gasteiger partial charge >= 0.3 is 12.4 Å². The number of aliphatic carboxylic acids is 1. The van der Waals surface area contributed by atoms with Crippen LogP contribution in [0.2, 0.25) is 0 Å². The number of carbonyl (C=O) groups excluding carboxylic acids is 1. The van der Waals surface area contributed by atoms with Crippen molar-refractivity contribution in [3.8, 4) is 0 Å². The minimum absolute atomic E-state index is 0.251. The molecule has 0 aliphatic carbocycles. The van der Waals surface area contributed by atoms with Gasteiger partial charge in [0, 0.05) is 6.54 Å². The van der Waals surface area contributed by atoms with Crippen LogP contribution < -0.4 is 0 Å². The first kappa shape index (κ1) is 8.00. The number of hydrogen-bond donors (Lipinski definition) is 1. The largest absolute Gasteiger partial charge is 0.480 e. The first-order chi connectivity index (χ1) is 5.25. The van der Waals surface area contributed by atoms with Gasteiger partial charge < -0.3 is 9.94 Å². The van der Waals surface area contributed by atoms with Gasteiger partial charge in [0.1, 0.15) is 6.04 Å². The van der Waals surface area contributed by atoms with E-state index in [1.807, 2.05) is 0 Å². The molecule has 1 N–H and O–H groups in total. The average molecular weight is 159 g/mol. The summed E-state index contributed by atoms with van der Waals surface area (Å²) in [5.41, 5.74) is 0. The van der Waals surface area contributed by atoms with E-state index in [1.165, 1.54) is 5.06 Å². The van der Waals surface area contributed by atoms with Gasteiger partial charge in [-0.05, 0) is 12.8 Å². The lowest BCUT2D eigenvalue weighted by atomic mass is 10.2. The van der Waals surface area contributed by atoms with E-state index in [9.17, 15) is 9.59 Å². The molecule has 0 amide bonds. The molecule has 0 saturated carbocycles. The van der Waals surface area contributed by atoms with E-state index in [2.05, 4.69) is 4.84 Å². The van der Waals surface area contributed by atoms with Gasteiger partial charge in [-0.1, -0.05) is 0 Å². The Labute approximate surface area is 63.5 Å². The Bertz CT molecular complexity index is 170. The Kier molecular flexibility index (Phi) is 2.43. The molecule has 0 radical (unpaired) electrons. The van der Waals surface area contributed by atoms with Crippen molar-refractivity contribution in [1.82, 2.24) is 5.06 Å². The van der Waals surface area contributed by atoms with Crippen molar-refractivity contribution in [3.05, 3.63) is 0 Å². The van der Waals surface area contributed by atoms with Crippen molar-refractivity contribution in [1.29, 1.82) is 0 Å². The highest BCUT2D eigenvalue weighted by Gasteiger charge is 2.31. The SMILES string of the molecule is O=CON1CCCC1C(=O)O. The lowest BCUT2D eigenvalue weighted by Crippen LogP contribution is -2.35. The lowest BCUT2D eigenvalue weighted by molar-refractivity contribution is -0.185. The fourth-order valence-electron chi connectivity index (χ4n) is 1.17. The summed E-state index contributed by atoms with van der Waals surface area (Å²) in [6.45, 7) is 0.761. The molecule has 1 atom stereocenters.